The standard InChI is InChI=1S/C11H23NO2/c1-6-12-11(13)10(8(2)3)7-14-9(4)5/h8-10H,6-7H2,1-5H3,(H,12,13). The minimum absolute atomic E-state index is 0.0302. The summed E-state index contributed by atoms with van der Waals surface area (Å²) >= 11 is 0. The van der Waals surface area contributed by atoms with Crippen LogP contribution in [0.2, 0.25) is 0 Å². The largest absolute Gasteiger partial charge is 0.378 e. The van der Waals surface area contributed by atoms with Crippen molar-refractivity contribution in [2.45, 2.75) is 40.7 Å². The fourth-order valence-electron chi connectivity index (χ4n) is 1.17. The Morgan fingerprint density at radius 1 is 1.29 bits per heavy atom. The van der Waals surface area contributed by atoms with Gasteiger partial charge in [-0.2, -0.15) is 0 Å². The minimum atomic E-state index is -0.0302. The molecule has 1 atom stereocenters. The number of nitrogens with one attached hydrogen (secondary N) is 1. The summed E-state index contributed by atoms with van der Waals surface area (Å²) < 4.78 is 5.47. The number of hydrogen-bond acceptors (Lipinski definition) is 2. The van der Waals surface area contributed by atoms with Gasteiger partial charge in [-0.25, -0.2) is 0 Å². The minimum Gasteiger partial charge on any atom is -0.378 e. The van der Waals surface area contributed by atoms with Crippen LogP contribution in [0, 0.1) is 11.8 Å². The molecule has 14 heavy (non-hydrogen) atoms. The third-order valence-corrected chi connectivity index (χ3v) is 2.10. The van der Waals surface area contributed by atoms with E-state index in [2.05, 4.69) is 5.32 Å². The molecule has 0 fully saturated rings. The zero-order valence-corrected chi connectivity index (χ0v) is 9.96. The molecule has 1 unspecified atom stereocenters. The Bertz CT molecular complexity index is 167. The fraction of sp³-hybridized carbons (Fsp3) is 0.909. The number of carbonyl (C=O) groups is 1. The molecule has 0 aromatic rings. The molecule has 0 bridgehead atoms. The molecule has 0 aliphatic carbocycles. The molecule has 3 heteroatoms. The molecule has 0 heterocycles. The summed E-state index contributed by atoms with van der Waals surface area (Å²) in [6, 6.07) is 0. The molecular weight excluding hydrogens is 178 g/mol. The Balaban J connectivity index is 4.08. The zero-order valence-electron chi connectivity index (χ0n) is 9.96. The molecule has 1 N–H and O–H groups in total. The van der Waals surface area contributed by atoms with E-state index in [-0.39, 0.29) is 17.9 Å². The van der Waals surface area contributed by atoms with Crippen LogP contribution in [-0.4, -0.2) is 25.2 Å². The summed E-state index contributed by atoms with van der Waals surface area (Å²) in [4.78, 5) is 11.6. The summed E-state index contributed by atoms with van der Waals surface area (Å²) in [5.41, 5.74) is 0. The second-order valence-electron chi connectivity index (χ2n) is 4.13. The lowest BCUT2D eigenvalue weighted by Crippen LogP contribution is -2.36. The van der Waals surface area contributed by atoms with Gasteiger partial charge in [0.05, 0.1) is 18.6 Å². The van der Waals surface area contributed by atoms with Crippen molar-refractivity contribution >= 4 is 5.91 Å². The second-order valence-corrected chi connectivity index (χ2v) is 4.13. The van der Waals surface area contributed by atoms with E-state index in [0.717, 1.165) is 0 Å². The van der Waals surface area contributed by atoms with Gasteiger partial charge in [0.2, 0.25) is 5.91 Å². The van der Waals surface area contributed by atoms with E-state index in [1.54, 1.807) is 0 Å². The molecule has 0 aliphatic heterocycles. The lowest BCUT2D eigenvalue weighted by molar-refractivity contribution is -0.129. The van der Waals surface area contributed by atoms with Gasteiger partial charge in [0.15, 0.2) is 0 Å². The highest BCUT2D eigenvalue weighted by molar-refractivity contribution is 5.78. The first-order chi connectivity index (χ1) is 6.49. The van der Waals surface area contributed by atoms with Gasteiger partial charge in [-0.15, -0.1) is 0 Å². The molecule has 1 amide bonds. The summed E-state index contributed by atoms with van der Waals surface area (Å²) in [6.45, 7) is 11.2. The molecule has 84 valence electrons. The molecule has 0 saturated heterocycles. The van der Waals surface area contributed by atoms with Gasteiger partial charge in [-0.3, -0.25) is 4.79 Å². The van der Waals surface area contributed by atoms with Crippen molar-refractivity contribution in [3.05, 3.63) is 0 Å². The highest BCUT2D eigenvalue weighted by atomic mass is 16.5. The highest BCUT2D eigenvalue weighted by Gasteiger charge is 2.21. The summed E-state index contributed by atoms with van der Waals surface area (Å²) in [5, 5.41) is 2.83. The van der Waals surface area contributed by atoms with Crippen molar-refractivity contribution in [3.8, 4) is 0 Å². The predicted octanol–water partition coefficient (Wildman–Crippen LogP) is 1.82. The van der Waals surface area contributed by atoms with Crippen molar-refractivity contribution in [2.24, 2.45) is 11.8 Å². The van der Waals surface area contributed by atoms with E-state index in [0.29, 0.717) is 19.1 Å². The van der Waals surface area contributed by atoms with Crippen molar-refractivity contribution in [1.29, 1.82) is 0 Å². The third-order valence-electron chi connectivity index (χ3n) is 2.10. The molecule has 0 aromatic heterocycles. The monoisotopic (exact) mass is 201 g/mol. The summed E-state index contributed by atoms with van der Waals surface area (Å²) in [5.74, 6) is 0.390. The Morgan fingerprint density at radius 2 is 1.86 bits per heavy atom. The van der Waals surface area contributed by atoms with Gasteiger partial charge in [0, 0.05) is 6.54 Å². The predicted molar refractivity (Wildman–Crippen MR) is 58.1 cm³/mol. The number of rotatable bonds is 6. The first-order valence-electron chi connectivity index (χ1n) is 5.38. The maximum Gasteiger partial charge on any atom is 0.225 e. The molecule has 0 aromatic carbocycles. The van der Waals surface area contributed by atoms with Crippen LogP contribution in [0.4, 0.5) is 0 Å². The fourth-order valence-corrected chi connectivity index (χ4v) is 1.17. The lowest BCUT2D eigenvalue weighted by atomic mass is 9.96. The van der Waals surface area contributed by atoms with Crippen molar-refractivity contribution in [3.63, 3.8) is 0 Å². The molecule has 0 saturated carbocycles. The van der Waals surface area contributed by atoms with Gasteiger partial charge >= 0.3 is 0 Å². The maximum absolute atomic E-state index is 11.6. The van der Waals surface area contributed by atoms with Crippen LogP contribution in [0.25, 0.3) is 0 Å². The molecule has 0 rings (SSSR count). The Kier molecular flexibility index (Phi) is 6.54. The molecular formula is C11H23NO2. The van der Waals surface area contributed by atoms with Gasteiger partial charge in [0.1, 0.15) is 0 Å². The summed E-state index contributed by atoms with van der Waals surface area (Å²) in [7, 11) is 0. The quantitative estimate of drug-likeness (QED) is 0.712. The van der Waals surface area contributed by atoms with E-state index >= 15 is 0 Å². The van der Waals surface area contributed by atoms with Crippen molar-refractivity contribution in [1.82, 2.24) is 5.32 Å². The molecule has 0 radical (unpaired) electrons. The van der Waals surface area contributed by atoms with Gasteiger partial charge in [-0.1, -0.05) is 13.8 Å². The molecule has 0 spiro atoms. The third kappa shape index (κ3) is 5.22. The van der Waals surface area contributed by atoms with Crippen LogP contribution in [0.5, 0.6) is 0 Å². The number of amides is 1. The van der Waals surface area contributed by atoms with Crippen molar-refractivity contribution in [2.75, 3.05) is 13.2 Å². The van der Waals surface area contributed by atoms with Crippen LogP contribution < -0.4 is 5.32 Å². The average molecular weight is 201 g/mol. The van der Waals surface area contributed by atoms with Crippen LogP contribution in [0.3, 0.4) is 0 Å². The van der Waals surface area contributed by atoms with E-state index in [1.165, 1.54) is 0 Å². The first-order valence-corrected chi connectivity index (χ1v) is 5.38. The van der Waals surface area contributed by atoms with E-state index in [9.17, 15) is 4.79 Å². The number of ether oxygens (including phenoxy) is 1. The van der Waals surface area contributed by atoms with Crippen LogP contribution in [0.15, 0.2) is 0 Å². The van der Waals surface area contributed by atoms with Gasteiger partial charge < -0.3 is 10.1 Å². The normalized spacial score (nSPS) is 13.4. The Labute approximate surface area is 87.2 Å². The van der Waals surface area contributed by atoms with Crippen molar-refractivity contribution < 1.29 is 9.53 Å². The zero-order chi connectivity index (χ0) is 11.1. The molecule has 0 aliphatic rings. The van der Waals surface area contributed by atoms with Crippen LogP contribution in [0.1, 0.15) is 34.6 Å². The second kappa shape index (κ2) is 6.82. The number of carbonyl (C=O) groups excluding carboxylic acids is 1. The number of hydrogen-bond donors (Lipinski definition) is 1. The highest BCUT2D eigenvalue weighted by Crippen LogP contribution is 2.12. The van der Waals surface area contributed by atoms with E-state index in [1.807, 2.05) is 34.6 Å². The van der Waals surface area contributed by atoms with Gasteiger partial charge in [0.25, 0.3) is 0 Å². The van der Waals surface area contributed by atoms with E-state index in [4.69, 9.17) is 4.74 Å². The van der Waals surface area contributed by atoms with Gasteiger partial charge in [-0.05, 0) is 26.7 Å². The lowest BCUT2D eigenvalue weighted by Gasteiger charge is -2.21. The maximum atomic E-state index is 11.6. The SMILES string of the molecule is CCNC(=O)C(COC(C)C)C(C)C. The first kappa shape index (κ1) is 13.4. The smallest absolute Gasteiger partial charge is 0.225 e. The van der Waals surface area contributed by atoms with Crippen LogP contribution >= 0.6 is 0 Å². The Morgan fingerprint density at radius 3 is 2.21 bits per heavy atom. The summed E-state index contributed by atoms with van der Waals surface area (Å²) in [6.07, 6.45) is 0.186. The average Bonchev–Trinajstić information content (AvgIpc) is 2.03. The molecule has 3 nitrogen and oxygen atoms in total. The van der Waals surface area contributed by atoms with Crippen LogP contribution in [-0.2, 0) is 9.53 Å². The topological polar surface area (TPSA) is 38.3 Å². The van der Waals surface area contributed by atoms with E-state index < -0.39 is 0 Å². The Hall–Kier alpha value is -0.570.